The van der Waals surface area contributed by atoms with Gasteiger partial charge in [-0.25, -0.2) is 0 Å². The number of hydrogen-bond donors (Lipinski definition) is 1. The zero-order valence-electron chi connectivity index (χ0n) is 12.6. The van der Waals surface area contributed by atoms with Gasteiger partial charge in [-0.05, 0) is 37.0 Å². The molecule has 21 heavy (non-hydrogen) atoms. The molecule has 0 aliphatic carbocycles. The number of hydrogen-bond acceptors (Lipinski definition) is 2. The minimum absolute atomic E-state index is 0.133. The number of nitrogens with one attached hydrogen (secondary N) is 1. The van der Waals surface area contributed by atoms with E-state index in [0.29, 0.717) is 0 Å². The molecule has 0 spiro atoms. The molecule has 1 atom stereocenters. The fourth-order valence-electron chi connectivity index (χ4n) is 2.96. The van der Waals surface area contributed by atoms with E-state index >= 15 is 0 Å². The van der Waals surface area contributed by atoms with Crippen LogP contribution < -0.4 is 5.32 Å². The smallest absolute Gasteiger partial charge is 0.314 e. The summed E-state index contributed by atoms with van der Waals surface area (Å²) < 4.78 is 37.9. The zero-order chi connectivity index (χ0) is 15.5. The van der Waals surface area contributed by atoms with Crippen molar-refractivity contribution in [1.29, 1.82) is 0 Å². The van der Waals surface area contributed by atoms with Crippen LogP contribution in [0.4, 0.5) is 13.2 Å². The van der Waals surface area contributed by atoms with E-state index in [0.717, 1.165) is 42.9 Å². The van der Waals surface area contributed by atoms with Crippen molar-refractivity contribution in [3.63, 3.8) is 0 Å². The maximum atomic E-state index is 12.6. The molecule has 0 saturated carbocycles. The molecule has 2 rings (SSSR count). The Morgan fingerprint density at radius 1 is 1.19 bits per heavy atom. The van der Waals surface area contributed by atoms with Gasteiger partial charge in [0, 0.05) is 38.6 Å². The Morgan fingerprint density at radius 2 is 1.86 bits per heavy atom. The average molecular weight is 300 g/mol. The fraction of sp³-hybridized carbons (Fsp3) is 0.625. The van der Waals surface area contributed by atoms with Crippen LogP contribution in [0.2, 0.25) is 0 Å². The highest BCUT2D eigenvalue weighted by Gasteiger charge is 2.31. The third-order valence-corrected chi connectivity index (χ3v) is 4.30. The highest BCUT2D eigenvalue weighted by atomic mass is 19.4. The van der Waals surface area contributed by atoms with E-state index < -0.39 is 12.6 Å². The van der Waals surface area contributed by atoms with Crippen LogP contribution in [0, 0.1) is 13.8 Å². The van der Waals surface area contributed by atoms with Crippen LogP contribution in [0.1, 0.15) is 35.6 Å². The Kier molecular flexibility index (Phi) is 5.27. The number of aryl methyl sites for hydroxylation is 1. The summed E-state index contributed by atoms with van der Waals surface area (Å²) in [5.41, 5.74) is 3.30. The summed E-state index contributed by atoms with van der Waals surface area (Å²) in [5.74, 6) is 0. The average Bonchev–Trinajstić information content (AvgIpc) is 2.43. The predicted molar refractivity (Wildman–Crippen MR) is 78.4 cm³/mol. The van der Waals surface area contributed by atoms with Crippen molar-refractivity contribution in [2.75, 3.05) is 26.2 Å². The standard InChI is InChI=1S/C16H23F3N2/c1-12-4-3-5-14(13(12)2)15(6-7-16(17,18)19)21-10-8-20-9-11-21/h3-5,15,20H,6-11H2,1-2H3/t15-/m0/s1. The Labute approximate surface area is 124 Å². The van der Waals surface area contributed by atoms with Crippen LogP contribution in [-0.2, 0) is 0 Å². The summed E-state index contributed by atoms with van der Waals surface area (Å²) in [6.07, 6.45) is -4.69. The normalized spacial score (nSPS) is 18.7. The van der Waals surface area contributed by atoms with Crippen molar-refractivity contribution < 1.29 is 13.2 Å². The molecule has 1 saturated heterocycles. The second kappa shape index (κ2) is 6.79. The molecule has 118 valence electrons. The van der Waals surface area contributed by atoms with Gasteiger partial charge < -0.3 is 5.32 Å². The molecule has 1 fully saturated rings. The van der Waals surface area contributed by atoms with Crippen molar-refractivity contribution in [1.82, 2.24) is 10.2 Å². The van der Waals surface area contributed by atoms with Crippen molar-refractivity contribution in [2.45, 2.75) is 38.9 Å². The van der Waals surface area contributed by atoms with E-state index in [1.54, 1.807) is 0 Å². The third-order valence-electron chi connectivity index (χ3n) is 4.30. The van der Waals surface area contributed by atoms with Crippen molar-refractivity contribution in [2.24, 2.45) is 0 Å². The Hall–Kier alpha value is -1.07. The van der Waals surface area contributed by atoms with Crippen molar-refractivity contribution in [3.8, 4) is 0 Å². The van der Waals surface area contributed by atoms with Gasteiger partial charge in [-0.15, -0.1) is 0 Å². The van der Waals surface area contributed by atoms with Crippen LogP contribution in [0.3, 0.4) is 0 Å². The van der Waals surface area contributed by atoms with E-state index in [1.807, 2.05) is 32.0 Å². The predicted octanol–water partition coefficient (Wildman–Crippen LogP) is 3.59. The third kappa shape index (κ3) is 4.45. The molecule has 1 aromatic rings. The molecule has 0 bridgehead atoms. The van der Waals surface area contributed by atoms with E-state index in [1.165, 1.54) is 0 Å². The molecule has 0 unspecified atom stereocenters. The summed E-state index contributed by atoms with van der Waals surface area (Å²) in [6.45, 7) is 7.30. The van der Waals surface area contributed by atoms with Gasteiger partial charge in [0.15, 0.2) is 0 Å². The summed E-state index contributed by atoms with van der Waals surface area (Å²) in [6, 6.07) is 5.79. The quantitative estimate of drug-likeness (QED) is 0.914. The summed E-state index contributed by atoms with van der Waals surface area (Å²) in [4.78, 5) is 2.18. The Bertz CT molecular complexity index is 465. The SMILES string of the molecule is Cc1cccc([C@H](CCC(F)(F)F)N2CCNCC2)c1C. The minimum Gasteiger partial charge on any atom is -0.314 e. The monoisotopic (exact) mass is 300 g/mol. The maximum Gasteiger partial charge on any atom is 0.389 e. The number of halogens is 3. The molecule has 1 heterocycles. The highest BCUT2D eigenvalue weighted by molar-refractivity contribution is 5.35. The lowest BCUT2D eigenvalue weighted by atomic mass is 9.93. The number of piperazine rings is 1. The van der Waals surface area contributed by atoms with Crippen LogP contribution in [0.25, 0.3) is 0 Å². The van der Waals surface area contributed by atoms with Crippen molar-refractivity contribution in [3.05, 3.63) is 34.9 Å². The molecule has 0 aromatic heterocycles. The van der Waals surface area contributed by atoms with E-state index in [4.69, 9.17) is 0 Å². The van der Waals surface area contributed by atoms with Crippen LogP contribution >= 0.6 is 0 Å². The molecule has 2 nitrogen and oxygen atoms in total. The van der Waals surface area contributed by atoms with Gasteiger partial charge in [-0.3, -0.25) is 4.90 Å². The maximum absolute atomic E-state index is 12.6. The van der Waals surface area contributed by atoms with Crippen LogP contribution in [0.5, 0.6) is 0 Å². The molecule has 5 heteroatoms. The number of alkyl halides is 3. The fourth-order valence-corrected chi connectivity index (χ4v) is 2.96. The summed E-state index contributed by atoms with van der Waals surface area (Å²) >= 11 is 0. The van der Waals surface area contributed by atoms with Gasteiger partial charge in [0.1, 0.15) is 0 Å². The van der Waals surface area contributed by atoms with Gasteiger partial charge in [-0.2, -0.15) is 13.2 Å². The van der Waals surface area contributed by atoms with Gasteiger partial charge in [-0.1, -0.05) is 18.2 Å². The number of nitrogens with zero attached hydrogens (tertiary/aromatic N) is 1. The molecule has 1 aliphatic rings. The summed E-state index contributed by atoms with van der Waals surface area (Å²) in [5, 5.41) is 3.26. The molecule has 1 N–H and O–H groups in total. The Balaban J connectivity index is 2.23. The lowest BCUT2D eigenvalue weighted by molar-refractivity contribution is -0.138. The first kappa shape index (κ1) is 16.3. The van der Waals surface area contributed by atoms with E-state index in [2.05, 4.69) is 10.2 Å². The molecular formula is C16H23F3N2. The topological polar surface area (TPSA) is 15.3 Å². The lowest BCUT2D eigenvalue weighted by Crippen LogP contribution is -2.45. The first-order chi connectivity index (χ1) is 9.88. The minimum atomic E-state index is -4.09. The first-order valence-corrected chi connectivity index (χ1v) is 7.46. The van der Waals surface area contributed by atoms with Gasteiger partial charge in [0.05, 0.1) is 0 Å². The lowest BCUT2D eigenvalue weighted by Gasteiger charge is -2.36. The Morgan fingerprint density at radius 3 is 2.48 bits per heavy atom. The number of benzene rings is 1. The molecule has 1 aliphatic heterocycles. The zero-order valence-corrected chi connectivity index (χ0v) is 12.6. The van der Waals surface area contributed by atoms with E-state index in [9.17, 15) is 13.2 Å². The molecular weight excluding hydrogens is 277 g/mol. The second-order valence-corrected chi connectivity index (χ2v) is 5.74. The highest BCUT2D eigenvalue weighted by Crippen LogP contribution is 2.33. The largest absolute Gasteiger partial charge is 0.389 e. The van der Waals surface area contributed by atoms with Gasteiger partial charge in [0.25, 0.3) is 0 Å². The van der Waals surface area contributed by atoms with Gasteiger partial charge in [0.2, 0.25) is 0 Å². The summed E-state index contributed by atoms with van der Waals surface area (Å²) in [7, 11) is 0. The number of rotatable bonds is 4. The molecule has 0 amide bonds. The van der Waals surface area contributed by atoms with Gasteiger partial charge >= 0.3 is 6.18 Å². The van der Waals surface area contributed by atoms with Crippen LogP contribution in [0.15, 0.2) is 18.2 Å². The van der Waals surface area contributed by atoms with Crippen molar-refractivity contribution >= 4 is 0 Å². The van der Waals surface area contributed by atoms with E-state index in [-0.39, 0.29) is 12.5 Å². The molecule has 1 aromatic carbocycles. The first-order valence-electron chi connectivity index (χ1n) is 7.46. The molecule has 0 radical (unpaired) electrons. The van der Waals surface area contributed by atoms with Crippen LogP contribution in [-0.4, -0.2) is 37.3 Å². The second-order valence-electron chi connectivity index (χ2n) is 5.74.